The van der Waals surface area contributed by atoms with Crippen LogP contribution in [0.3, 0.4) is 0 Å². The number of benzene rings is 3. The van der Waals surface area contributed by atoms with Gasteiger partial charge in [0.2, 0.25) is 17.7 Å². The summed E-state index contributed by atoms with van der Waals surface area (Å²) < 4.78 is 44.5. The molecule has 4 aliphatic rings. The minimum Gasteiger partial charge on any atom is -0.508 e. The summed E-state index contributed by atoms with van der Waals surface area (Å²) in [5.41, 5.74) is 4.14. The number of nitrogens with one attached hydrogen (secondary N) is 3. The van der Waals surface area contributed by atoms with E-state index in [2.05, 4.69) is 46.6 Å². The number of piperazine rings is 1. The van der Waals surface area contributed by atoms with Crippen molar-refractivity contribution < 1.29 is 37.7 Å². The molecular formula is C59H68F2N10O6S. The van der Waals surface area contributed by atoms with Crippen LogP contribution in [-0.4, -0.2) is 135 Å². The van der Waals surface area contributed by atoms with Gasteiger partial charge in [-0.1, -0.05) is 57.0 Å². The Hall–Kier alpha value is -6.85. The molecular weight excluding hydrogens is 1010 g/mol. The van der Waals surface area contributed by atoms with E-state index in [4.69, 9.17) is 20.9 Å². The molecule has 4 aliphatic heterocycles. The van der Waals surface area contributed by atoms with Crippen molar-refractivity contribution in [1.29, 1.82) is 0 Å². The summed E-state index contributed by atoms with van der Waals surface area (Å²) in [5.74, 6) is 0.544. The molecule has 0 aliphatic carbocycles. The molecule has 19 heteroatoms. The zero-order valence-electron chi connectivity index (χ0n) is 44.9. The average Bonchev–Trinajstić information content (AvgIpc) is 4.38. The maximum absolute atomic E-state index is 17.1. The number of thiazole rings is 1. The van der Waals surface area contributed by atoms with Crippen LogP contribution in [0.2, 0.25) is 0 Å². The Morgan fingerprint density at radius 2 is 1.74 bits per heavy atom. The summed E-state index contributed by atoms with van der Waals surface area (Å²) in [6, 6.07) is 12.4. The number of likely N-dealkylation sites (tertiary alicyclic amines) is 2. The summed E-state index contributed by atoms with van der Waals surface area (Å²) in [6.45, 7) is 13.8. The molecule has 4 N–H and O–H groups in total. The molecule has 7 heterocycles. The lowest BCUT2D eigenvalue weighted by Crippen LogP contribution is -2.57. The van der Waals surface area contributed by atoms with Gasteiger partial charge in [-0.25, -0.2) is 13.8 Å². The van der Waals surface area contributed by atoms with Crippen molar-refractivity contribution >= 4 is 56.6 Å². The van der Waals surface area contributed by atoms with E-state index in [1.165, 1.54) is 30.5 Å². The highest BCUT2D eigenvalue weighted by molar-refractivity contribution is 7.13. The number of fused-ring (bicyclic) bond motifs is 4. The number of phenols is 1. The van der Waals surface area contributed by atoms with Crippen molar-refractivity contribution in [3.05, 3.63) is 88.7 Å². The first-order valence-corrected chi connectivity index (χ1v) is 28.1. The highest BCUT2D eigenvalue weighted by Gasteiger charge is 2.42. The van der Waals surface area contributed by atoms with E-state index in [9.17, 15) is 19.5 Å². The fourth-order valence-corrected chi connectivity index (χ4v) is 12.5. The van der Waals surface area contributed by atoms with E-state index in [1.807, 2.05) is 64.4 Å². The fourth-order valence-electron chi connectivity index (χ4n) is 11.7. The van der Waals surface area contributed by atoms with Crippen molar-refractivity contribution in [2.24, 2.45) is 5.41 Å². The van der Waals surface area contributed by atoms with Crippen LogP contribution in [0.5, 0.6) is 11.8 Å². The van der Waals surface area contributed by atoms with E-state index in [1.54, 1.807) is 16.2 Å². The van der Waals surface area contributed by atoms with Gasteiger partial charge in [0.25, 0.3) is 0 Å². The Labute approximate surface area is 457 Å². The Morgan fingerprint density at radius 3 is 2.47 bits per heavy atom. The zero-order valence-corrected chi connectivity index (χ0v) is 45.7. The van der Waals surface area contributed by atoms with E-state index < -0.39 is 29.1 Å². The highest BCUT2D eigenvalue weighted by atomic mass is 32.1. The van der Waals surface area contributed by atoms with Crippen LogP contribution in [0, 0.1) is 36.3 Å². The first kappa shape index (κ1) is 54.5. The Kier molecular flexibility index (Phi) is 16.2. The third-order valence-corrected chi connectivity index (χ3v) is 16.7. The van der Waals surface area contributed by atoms with Gasteiger partial charge in [0.05, 0.1) is 39.7 Å². The predicted octanol–water partition coefficient (Wildman–Crippen LogP) is 8.22. The molecule has 3 amide bonds. The zero-order chi connectivity index (χ0) is 54.8. The van der Waals surface area contributed by atoms with E-state index in [-0.39, 0.29) is 101 Å². The van der Waals surface area contributed by atoms with Gasteiger partial charge in [-0.15, -0.1) is 17.8 Å². The molecule has 4 fully saturated rings. The third kappa shape index (κ3) is 11.6. The topological polar surface area (TPSA) is 187 Å². The molecule has 3 aromatic carbocycles. The SMILES string of the molecule is C#Cc1c(F)ccc2cc(O)cc(-c3ncc4c(N5CC6CCC(C5)N6)nc(OC[C@@H]5CCCN5CCCOCCC(=O)N[C@H](C(=O)N5CCC[C@H]5C(=O)N[C@@H](C)c5ccc(-c6scnc6C)cc5)C(C)(C)C)nc4c3F)c12. The number of amides is 3. The van der Waals surface area contributed by atoms with Gasteiger partial charge in [0.15, 0.2) is 5.82 Å². The average molecular weight is 1080 g/mol. The van der Waals surface area contributed by atoms with E-state index in [0.717, 1.165) is 60.5 Å². The van der Waals surface area contributed by atoms with Crippen LogP contribution in [-0.2, 0) is 19.1 Å². The molecule has 2 unspecified atom stereocenters. The number of pyridine rings is 1. The molecule has 4 saturated heterocycles. The lowest BCUT2D eigenvalue weighted by Gasteiger charge is -2.35. The quantitative estimate of drug-likeness (QED) is 0.0477. The number of terminal acetylenes is 1. The van der Waals surface area contributed by atoms with Crippen molar-refractivity contribution in [3.63, 3.8) is 0 Å². The van der Waals surface area contributed by atoms with Gasteiger partial charge >= 0.3 is 6.01 Å². The normalized spacial score (nSPS) is 20.3. The number of carbonyl (C=O) groups is 3. The smallest absolute Gasteiger partial charge is 0.319 e. The summed E-state index contributed by atoms with van der Waals surface area (Å²) in [6.07, 6.45) is 13.2. The number of rotatable bonds is 18. The van der Waals surface area contributed by atoms with Gasteiger partial charge in [-0.2, -0.15) is 9.97 Å². The standard InChI is InChI=1S/C59H68F2N10O6S/c1-7-43-46(60)20-17-38-27-42(72)28-44(49(38)43)51-50(61)52-45(29-62-51)55(70-30-39-18-19-40(31-70)65-39)68-58(67-52)77-32-41-11-8-22-69(41)23-10-25-76-26-21-48(73)66-54(59(4,5)6)57(75)71-24-9-12-47(71)56(74)64-34(2)36-13-15-37(16-14-36)53-35(3)63-33-78-53/h1,13-17,20,27-29,33-34,39-41,47,54,65,72H,8-12,18-19,21-26,30-32H2,2-6H3,(H,64,74)(H,66,73)/t34-,39?,40?,41-,47-,54+/m0/s1. The van der Waals surface area contributed by atoms with Crippen LogP contribution in [0.25, 0.3) is 43.4 Å². The Bertz CT molecular complexity index is 3240. The monoisotopic (exact) mass is 1080 g/mol. The minimum atomic E-state index is -0.842. The van der Waals surface area contributed by atoms with Crippen LogP contribution in [0.1, 0.15) is 102 Å². The summed E-state index contributed by atoms with van der Waals surface area (Å²) in [4.78, 5) is 67.0. The molecule has 10 rings (SSSR count). The summed E-state index contributed by atoms with van der Waals surface area (Å²) in [5, 5.41) is 21.5. The third-order valence-electron chi connectivity index (χ3n) is 15.8. The number of anilines is 1. The minimum absolute atomic E-state index is 0.0116. The molecule has 6 atom stereocenters. The first-order chi connectivity index (χ1) is 37.5. The number of aromatic hydroxyl groups is 1. The molecule has 3 aromatic heterocycles. The summed E-state index contributed by atoms with van der Waals surface area (Å²) >= 11 is 1.59. The summed E-state index contributed by atoms with van der Waals surface area (Å²) in [7, 11) is 0. The molecule has 410 valence electrons. The van der Waals surface area contributed by atoms with Gasteiger partial charge in [-0.3, -0.25) is 24.3 Å². The molecule has 78 heavy (non-hydrogen) atoms. The molecule has 0 radical (unpaired) electrons. The second-order valence-corrected chi connectivity index (χ2v) is 23.1. The Balaban J connectivity index is 0.730. The lowest BCUT2D eigenvalue weighted by atomic mass is 9.85. The second kappa shape index (κ2) is 23.2. The number of hydrogen-bond acceptors (Lipinski definition) is 14. The number of ether oxygens (including phenoxy) is 2. The number of phenolic OH excluding ortho intramolecular Hbond substituents is 1. The van der Waals surface area contributed by atoms with E-state index >= 15 is 8.78 Å². The lowest BCUT2D eigenvalue weighted by molar-refractivity contribution is -0.144. The second-order valence-electron chi connectivity index (χ2n) is 22.2. The van der Waals surface area contributed by atoms with E-state index in [0.29, 0.717) is 62.1 Å². The predicted molar refractivity (Wildman–Crippen MR) is 297 cm³/mol. The van der Waals surface area contributed by atoms with Gasteiger partial charge in [0, 0.05) is 74.5 Å². The van der Waals surface area contributed by atoms with Crippen molar-refractivity contribution in [3.8, 4) is 45.8 Å². The number of hydrogen-bond donors (Lipinski definition) is 4. The van der Waals surface area contributed by atoms with Crippen LogP contribution >= 0.6 is 11.3 Å². The molecule has 0 spiro atoms. The van der Waals surface area contributed by atoms with Gasteiger partial charge < -0.3 is 40.3 Å². The van der Waals surface area contributed by atoms with Crippen LogP contribution < -0.4 is 25.6 Å². The van der Waals surface area contributed by atoms with Crippen molar-refractivity contribution in [1.82, 2.24) is 45.7 Å². The van der Waals surface area contributed by atoms with Gasteiger partial charge in [-0.05, 0) is 105 Å². The first-order valence-electron chi connectivity index (χ1n) is 27.2. The largest absolute Gasteiger partial charge is 0.508 e. The molecule has 6 aromatic rings. The maximum atomic E-state index is 17.1. The number of carbonyl (C=O) groups excluding carboxylic acids is 3. The number of halogens is 2. The molecule has 2 bridgehead atoms. The van der Waals surface area contributed by atoms with Crippen molar-refractivity contribution in [2.75, 3.05) is 57.4 Å². The fraction of sp³-hybridized carbons (Fsp3) is 0.475. The molecule has 0 saturated carbocycles. The van der Waals surface area contributed by atoms with Crippen molar-refractivity contribution in [2.45, 2.75) is 122 Å². The number of aromatic nitrogens is 4. The van der Waals surface area contributed by atoms with Crippen LogP contribution in [0.4, 0.5) is 14.6 Å². The molecule has 16 nitrogen and oxygen atoms in total. The number of nitrogens with zero attached hydrogens (tertiary/aromatic N) is 7. The number of aryl methyl sites for hydroxylation is 1. The Morgan fingerprint density at radius 1 is 0.974 bits per heavy atom. The van der Waals surface area contributed by atoms with Crippen LogP contribution in [0.15, 0.2) is 60.2 Å². The van der Waals surface area contributed by atoms with Gasteiger partial charge in [0.1, 0.15) is 47.3 Å². The highest BCUT2D eigenvalue weighted by Crippen LogP contribution is 2.40. The maximum Gasteiger partial charge on any atom is 0.319 e.